The maximum Gasteiger partial charge on any atom is 0.228 e. The zero-order valence-electron chi connectivity index (χ0n) is 10.9. The molecule has 1 heterocycles. The molecule has 2 fully saturated rings. The Morgan fingerprint density at radius 1 is 1.25 bits per heavy atom. The minimum absolute atomic E-state index is 0. The van der Waals surface area contributed by atoms with E-state index in [2.05, 4.69) is 10.6 Å². The summed E-state index contributed by atoms with van der Waals surface area (Å²) >= 11 is 11.8. The number of benzene rings is 1. The van der Waals surface area contributed by atoms with Gasteiger partial charge in [0.25, 0.3) is 0 Å². The van der Waals surface area contributed by atoms with Gasteiger partial charge in [0.1, 0.15) is 0 Å². The van der Waals surface area contributed by atoms with E-state index in [0.29, 0.717) is 10.0 Å². The molecular weight excluding hydrogens is 319 g/mol. The van der Waals surface area contributed by atoms with Gasteiger partial charge in [-0.05, 0) is 56.0 Å². The largest absolute Gasteiger partial charge is 0.326 e. The highest BCUT2D eigenvalue weighted by Crippen LogP contribution is 2.58. The second kappa shape index (κ2) is 6.10. The number of hydrogen-bond donors (Lipinski definition) is 2. The maximum atomic E-state index is 12.2. The highest BCUT2D eigenvalue weighted by atomic mass is 35.5. The van der Waals surface area contributed by atoms with E-state index in [0.717, 1.165) is 38.0 Å². The number of hydrogen-bond acceptors (Lipinski definition) is 2. The van der Waals surface area contributed by atoms with Crippen molar-refractivity contribution < 1.29 is 4.79 Å². The summed E-state index contributed by atoms with van der Waals surface area (Å²) in [5.74, 6) is 0.268. The molecule has 20 heavy (non-hydrogen) atoms. The maximum absolute atomic E-state index is 12.2. The highest BCUT2D eigenvalue weighted by Gasteiger charge is 2.57. The molecule has 3 nitrogen and oxygen atoms in total. The molecule has 1 aromatic rings. The van der Waals surface area contributed by atoms with Crippen LogP contribution in [0.15, 0.2) is 18.2 Å². The summed E-state index contributed by atoms with van der Waals surface area (Å²) in [5.41, 5.74) is 0.973. The van der Waals surface area contributed by atoms with E-state index < -0.39 is 0 Å². The first kappa shape index (κ1) is 15.9. The van der Waals surface area contributed by atoms with Crippen LogP contribution >= 0.6 is 35.6 Å². The van der Waals surface area contributed by atoms with Crippen LogP contribution < -0.4 is 10.6 Å². The fraction of sp³-hybridized carbons (Fsp3) is 0.500. The first-order chi connectivity index (χ1) is 9.11. The molecule has 1 saturated carbocycles. The topological polar surface area (TPSA) is 41.1 Å². The average Bonchev–Trinajstić information content (AvgIpc) is 3.08. The van der Waals surface area contributed by atoms with Gasteiger partial charge in [-0.2, -0.15) is 0 Å². The Hall–Kier alpha value is -0.480. The van der Waals surface area contributed by atoms with E-state index >= 15 is 0 Å². The van der Waals surface area contributed by atoms with Crippen LogP contribution in [0.2, 0.25) is 10.0 Å². The summed E-state index contributed by atoms with van der Waals surface area (Å²) in [5, 5.41) is 7.25. The normalized spacial score (nSPS) is 23.0. The zero-order chi connectivity index (χ0) is 13.5. The second-order valence-electron chi connectivity index (χ2n) is 5.49. The van der Waals surface area contributed by atoms with E-state index in [1.807, 2.05) is 0 Å². The first-order valence-electron chi connectivity index (χ1n) is 6.57. The smallest absolute Gasteiger partial charge is 0.228 e. The summed E-state index contributed by atoms with van der Waals surface area (Å²) in [4.78, 5) is 12.2. The van der Waals surface area contributed by atoms with Crippen LogP contribution in [0.25, 0.3) is 0 Å². The van der Waals surface area contributed by atoms with Crippen molar-refractivity contribution in [3.63, 3.8) is 0 Å². The summed E-state index contributed by atoms with van der Waals surface area (Å²) in [6.45, 7) is 2.05. The Balaban J connectivity index is 0.00000147. The van der Waals surface area contributed by atoms with Gasteiger partial charge in [-0.15, -0.1) is 12.4 Å². The van der Waals surface area contributed by atoms with Crippen LogP contribution in [0.5, 0.6) is 0 Å². The van der Waals surface area contributed by atoms with Crippen LogP contribution in [0.4, 0.5) is 5.69 Å². The van der Waals surface area contributed by atoms with Gasteiger partial charge in [0, 0.05) is 11.6 Å². The minimum atomic E-state index is 0. The Labute approximate surface area is 134 Å². The molecule has 1 saturated heterocycles. The van der Waals surface area contributed by atoms with Crippen molar-refractivity contribution in [2.24, 2.45) is 11.3 Å². The number of carbonyl (C=O) groups excluding carboxylic acids is 1. The predicted molar refractivity (Wildman–Crippen MR) is 85.0 cm³/mol. The first-order valence-corrected chi connectivity index (χ1v) is 7.33. The molecule has 2 N–H and O–H groups in total. The Kier molecular flexibility index (Phi) is 4.85. The second-order valence-corrected chi connectivity index (χ2v) is 6.30. The number of piperidine rings is 1. The molecular formula is C14H17Cl3N2O. The van der Waals surface area contributed by atoms with Gasteiger partial charge in [-0.3, -0.25) is 4.79 Å². The molecule has 1 amide bonds. The van der Waals surface area contributed by atoms with Crippen molar-refractivity contribution in [2.45, 2.75) is 19.3 Å². The summed E-state index contributed by atoms with van der Waals surface area (Å²) in [6, 6.07) is 5.18. The number of carbonyl (C=O) groups is 1. The molecule has 110 valence electrons. The summed E-state index contributed by atoms with van der Waals surface area (Å²) in [7, 11) is 0. The quantitative estimate of drug-likeness (QED) is 0.864. The predicted octanol–water partition coefficient (Wildman–Crippen LogP) is 3.74. The van der Waals surface area contributed by atoms with Gasteiger partial charge >= 0.3 is 0 Å². The molecule has 1 aliphatic carbocycles. The number of nitrogens with one attached hydrogen (secondary N) is 2. The van der Waals surface area contributed by atoms with Gasteiger partial charge in [0.2, 0.25) is 5.91 Å². The fourth-order valence-corrected chi connectivity index (χ4v) is 3.30. The molecule has 1 spiro atoms. The van der Waals surface area contributed by atoms with E-state index in [4.69, 9.17) is 23.2 Å². The lowest BCUT2D eigenvalue weighted by molar-refractivity contribution is -0.118. The Morgan fingerprint density at radius 2 is 1.95 bits per heavy atom. The lowest BCUT2D eigenvalue weighted by Gasteiger charge is -2.23. The van der Waals surface area contributed by atoms with E-state index in [-0.39, 0.29) is 29.6 Å². The number of amides is 1. The molecule has 0 aromatic heterocycles. The molecule has 3 rings (SSSR count). The lowest BCUT2D eigenvalue weighted by Crippen LogP contribution is -2.31. The van der Waals surface area contributed by atoms with Crippen LogP contribution in [0.3, 0.4) is 0 Å². The van der Waals surface area contributed by atoms with Gasteiger partial charge in [0.15, 0.2) is 0 Å². The molecule has 1 unspecified atom stereocenters. The Morgan fingerprint density at radius 3 is 2.60 bits per heavy atom. The van der Waals surface area contributed by atoms with E-state index in [1.165, 1.54) is 0 Å². The molecule has 1 aliphatic heterocycles. The van der Waals surface area contributed by atoms with Crippen LogP contribution in [0.1, 0.15) is 19.3 Å². The van der Waals surface area contributed by atoms with E-state index in [9.17, 15) is 4.79 Å². The van der Waals surface area contributed by atoms with Crippen LogP contribution in [-0.2, 0) is 4.79 Å². The molecule has 6 heteroatoms. The molecule has 0 bridgehead atoms. The number of rotatable bonds is 2. The van der Waals surface area contributed by atoms with Crippen molar-refractivity contribution in [1.29, 1.82) is 0 Å². The average molecular weight is 336 g/mol. The van der Waals surface area contributed by atoms with Crippen molar-refractivity contribution in [2.75, 3.05) is 18.4 Å². The molecule has 1 aromatic carbocycles. The van der Waals surface area contributed by atoms with Gasteiger partial charge in [0.05, 0.1) is 10.0 Å². The number of anilines is 1. The Bertz CT molecular complexity index is 515. The van der Waals surface area contributed by atoms with Crippen LogP contribution in [0, 0.1) is 11.3 Å². The van der Waals surface area contributed by atoms with Crippen molar-refractivity contribution in [1.82, 2.24) is 5.32 Å². The van der Waals surface area contributed by atoms with Crippen molar-refractivity contribution >= 4 is 47.2 Å². The minimum Gasteiger partial charge on any atom is -0.326 e. The summed E-state index contributed by atoms with van der Waals surface area (Å²) in [6.07, 6.45) is 3.22. The van der Waals surface area contributed by atoms with Gasteiger partial charge in [-0.25, -0.2) is 0 Å². The molecule has 2 aliphatic rings. The van der Waals surface area contributed by atoms with Crippen molar-refractivity contribution in [3.8, 4) is 0 Å². The third-order valence-electron chi connectivity index (χ3n) is 4.29. The monoisotopic (exact) mass is 334 g/mol. The third-order valence-corrected chi connectivity index (χ3v) is 5.03. The third kappa shape index (κ3) is 3.06. The van der Waals surface area contributed by atoms with Gasteiger partial charge in [-0.1, -0.05) is 23.2 Å². The SMILES string of the molecule is Cl.O=C(Nc1ccc(Cl)c(Cl)c1)C1CC12CCNCC2. The zero-order valence-corrected chi connectivity index (χ0v) is 13.2. The fourth-order valence-electron chi connectivity index (χ4n) is 3.00. The molecule has 0 radical (unpaired) electrons. The highest BCUT2D eigenvalue weighted by molar-refractivity contribution is 6.42. The lowest BCUT2D eigenvalue weighted by atomic mass is 9.92. The standard InChI is InChI=1S/C14H16Cl2N2O.ClH/c15-11-2-1-9(7-12(11)16)18-13(19)10-8-14(10)3-5-17-6-4-14;/h1-2,7,10,17H,3-6,8H2,(H,18,19);1H. The van der Waals surface area contributed by atoms with Crippen molar-refractivity contribution in [3.05, 3.63) is 28.2 Å². The number of halogens is 3. The van der Waals surface area contributed by atoms with E-state index in [1.54, 1.807) is 18.2 Å². The summed E-state index contributed by atoms with van der Waals surface area (Å²) < 4.78 is 0. The molecule has 1 atom stereocenters. The van der Waals surface area contributed by atoms with Crippen LogP contribution in [-0.4, -0.2) is 19.0 Å². The van der Waals surface area contributed by atoms with Gasteiger partial charge < -0.3 is 10.6 Å².